The van der Waals surface area contributed by atoms with Crippen molar-refractivity contribution >= 4 is 5.82 Å². The zero-order valence-electron chi connectivity index (χ0n) is 9.20. The van der Waals surface area contributed by atoms with Crippen LogP contribution < -0.4 is 5.32 Å². The van der Waals surface area contributed by atoms with Crippen LogP contribution in [0.4, 0.5) is 5.82 Å². The Labute approximate surface area is 90.9 Å². The minimum absolute atomic E-state index is 0.361. The SMILES string of the molecule is Cc1cccnc1NCC1CCCCO1. The Hall–Kier alpha value is -1.09. The van der Waals surface area contributed by atoms with E-state index in [-0.39, 0.29) is 0 Å². The van der Waals surface area contributed by atoms with E-state index >= 15 is 0 Å². The molecule has 1 aromatic heterocycles. The van der Waals surface area contributed by atoms with Gasteiger partial charge in [-0.15, -0.1) is 0 Å². The topological polar surface area (TPSA) is 34.2 Å². The number of nitrogens with zero attached hydrogens (tertiary/aromatic N) is 1. The number of hydrogen-bond donors (Lipinski definition) is 1. The first-order valence-corrected chi connectivity index (χ1v) is 5.63. The maximum atomic E-state index is 5.65. The van der Waals surface area contributed by atoms with Crippen molar-refractivity contribution in [1.29, 1.82) is 0 Å². The van der Waals surface area contributed by atoms with Gasteiger partial charge in [0.05, 0.1) is 6.10 Å². The third-order valence-corrected chi connectivity index (χ3v) is 2.78. The van der Waals surface area contributed by atoms with Crippen molar-refractivity contribution in [3.63, 3.8) is 0 Å². The van der Waals surface area contributed by atoms with Crippen molar-refractivity contribution in [2.24, 2.45) is 0 Å². The minimum atomic E-state index is 0.361. The molecule has 1 saturated heterocycles. The quantitative estimate of drug-likeness (QED) is 0.824. The number of anilines is 1. The number of rotatable bonds is 3. The van der Waals surface area contributed by atoms with Gasteiger partial charge in [-0.3, -0.25) is 0 Å². The molecule has 1 aliphatic heterocycles. The van der Waals surface area contributed by atoms with E-state index in [1.54, 1.807) is 0 Å². The highest BCUT2D eigenvalue weighted by Gasteiger charge is 2.13. The molecule has 82 valence electrons. The number of hydrogen-bond acceptors (Lipinski definition) is 3. The molecule has 1 aromatic rings. The van der Waals surface area contributed by atoms with Crippen LogP contribution in [0, 0.1) is 6.92 Å². The molecule has 0 saturated carbocycles. The van der Waals surface area contributed by atoms with Crippen LogP contribution >= 0.6 is 0 Å². The molecule has 2 rings (SSSR count). The Morgan fingerprint density at radius 2 is 2.47 bits per heavy atom. The Morgan fingerprint density at radius 3 is 3.20 bits per heavy atom. The third kappa shape index (κ3) is 2.93. The van der Waals surface area contributed by atoms with E-state index in [9.17, 15) is 0 Å². The van der Waals surface area contributed by atoms with Gasteiger partial charge in [0, 0.05) is 19.3 Å². The van der Waals surface area contributed by atoms with Crippen LogP contribution in [0.3, 0.4) is 0 Å². The highest BCUT2D eigenvalue weighted by atomic mass is 16.5. The molecular formula is C12H18N2O. The van der Waals surface area contributed by atoms with Gasteiger partial charge in [0.15, 0.2) is 0 Å². The molecule has 1 unspecified atom stereocenters. The number of nitrogens with one attached hydrogen (secondary N) is 1. The smallest absolute Gasteiger partial charge is 0.128 e. The Bertz CT molecular complexity index is 308. The van der Waals surface area contributed by atoms with Crippen molar-refractivity contribution in [3.05, 3.63) is 23.9 Å². The molecule has 0 spiro atoms. The maximum absolute atomic E-state index is 5.65. The summed E-state index contributed by atoms with van der Waals surface area (Å²) in [6.07, 6.45) is 5.84. The molecule has 15 heavy (non-hydrogen) atoms. The minimum Gasteiger partial charge on any atom is -0.376 e. The molecule has 1 atom stereocenters. The van der Waals surface area contributed by atoms with E-state index in [1.165, 1.54) is 24.8 Å². The molecule has 0 radical (unpaired) electrons. The van der Waals surface area contributed by atoms with Gasteiger partial charge in [0.1, 0.15) is 5.82 Å². The van der Waals surface area contributed by atoms with Crippen LogP contribution in [0.1, 0.15) is 24.8 Å². The monoisotopic (exact) mass is 206 g/mol. The van der Waals surface area contributed by atoms with E-state index in [0.717, 1.165) is 19.0 Å². The first kappa shape index (κ1) is 10.4. The van der Waals surface area contributed by atoms with Crippen molar-refractivity contribution in [3.8, 4) is 0 Å². The Kier molecular flexibility index (Phi) is 3.56. The highest BCUT2D eigenvalue weighted by molar-refractivity contribution is 5.42. The fourth-order valence-electron chi connectivity index (χ4n) is 1.85. The summed E-state index contributed by atoms with van der Waals surface area (Å²) in [7, 11) is 0. The van der Waals surface area contributed by atoms with Gasteiger partial charge in [-0.2, -0.15) is 0 Å². The molecule has 0 aromatic carbocycles. The van der Waals surface area contributed by atoms with E-state index in [0.29, 0.717) is 6.10 Å². The van der Waals surface area contributed by atoms with Gasteiger partial charge in [0.25, 0.3) is 0 Å². The fourth-order valence-corrected chi connectivity index (χ4v) is 1.85. The molecule has 0 aliphatic carbocycles. The van der Waals surface area contributed by atoms with Gasteiger partial charge >= 0.3 is 0 Å². The lowest BCUT2D eigenvalue weighted by Gasteiger charge is -2.23. The summed E-state index contributed by atoms with van der Waals surface area (Å²) in [5.74, 6) is 0.978. The second-order valence-electron chi connectivity index (χ2n) is 4.04. The van der Waals surface area contributed by atoms with Gasteiger partial charge in [-0.05, 0) is 37.8 Å². The average Bonchev–Trinajstić information content (AvgIpc) is 2.29. The first-order chi connectivity index (χ1) is 7.36. The molecule has 0 bridgehead atoms. The van der Waals surface area contributed by atoms with Crippen LogP contribution in [0.25, 0.3) is 0 Å². The fraction of sp³-hybridized carbons (Fsp3) is 0.583. The summed E-state index contributed by atoms with van der Waals surface area (Å²) in [6.45, 7) is 3.85. The zero-order valence-corrected chi connectivity index (χ0v) is 9.20. The summed E-state index contributed by atoms with van der Waals surface area (Å²) < 4.78 is 5.65. The summed E-state index contributed by atoms with van der Waals surface area (Å²) in [5.41, 5.74) is 1.19. The van der Waals surface area contributed by atoms with E-state index in [2.05, 4.69) is 23.3 Å². The largest absolute Gasteiger partial charge is 0.376 e. The van der Waals surface area contributed by atoms with Crippen LogP contribution in [-0.4, -0.2) is 24.2 Å². The first-order valence-electron chi connectivity index (χ1n) is 5.63. The molecule has 2 heterocycles. The number of aromatic nitrogens is 1. The molecule has 0 amide bonds. The Balaban J connectivity index is 1.84. The van der Waals surface area contributed by atoms with Gasteiger partial charge in [0.2, 0.25) is 0 Å². The lowest BCUT2D eigenvalue weighted by molar-refractivity contribution is 0.0247. The molecule has 3 nitrogen and oxygen atoms in total. The molecule has 1 aliphatic rings. The van der Waals surface area contributed by atoms with E-state index in [1.807, 2.05) is 12.3 Å². The second-order valence-corrected chi connectivity index (χ2v) is 4.04. The predicted molar refractivity (Wildman–Crippen MR) is 61.1 cm³/mol. The summed E-state index contributed by atoms with van der Waals surface area (Å²) >= 11 is 0. The van der Waals surface area contributed by atoms with E-state index < -0.39 is 0 Å². The van der Waals surface area contributed by atoms with Gasteiger partial charge in [-0.25, -0.2) is 4.98 Å². The van der Waals surface area contributed by atoms with Crippen molar-refractivity contribution < 1.29 is 4.74 Å². The lowest BCUT2D eigenvalue weighted by Crippen LogP contribution is -2.27. The predicted octanol–water partition coefficient (Wildman–Crippen LogP) is 2.37. The molecule has 1 fully saturated rings. The van der Waals surface area contributed by atoms with E-state index in [4.69, 9.17) is 4.74 Å². The normalized spacial score (nSPS) is 21.3. The van der Waals surface area contributed by atoms with Gasteiger partial charge in [-0.1, -0.05) is 6.07 Å². The molecule has 3 heteroatoms. The zero-order chi connectivity index (χ0) is 10.5. The van der Waals surface area contributed by atoms with Crippen molar-refractivity contribution in [1.82, 2.24) is 4.98 Å². The number of pyridine rings is 1. The number of aryl methyl sites for hydroxylation is 1. The van der Waals surface area contributed by atoms with Crippen molar-refractivity contribution in [2.75, 3.05) is 18.5 Å². The maximum Gasteiger partial charge on any atom is 0.128 e. The van der Waals surface area contributed by atoms with Crippen LogP contribution in [0.2, 0.25) is 0 Å². The van der Waals surface area contributed by atoms with Crippen molar-refractivity contribution in [2.45, 2.75) is 32.3 Å². The highest BCUT2D eigenvalue weighted by Crippen LogP contribution is 2.14. The second kappa shape index (κ2) is 5.12. The summed E-state index contributed by atoms with van der Waals surface area (Å²) in [5, 5.41) is 3.35. The summed E-state index contributed by atoms with van der Waals surface area (Å²) in [4.78, 5) is 4.30. The molecule has 1 N–H and O–H groups in total. The van der Waals surface area contributed by atoms with Crippen LogP contribution in [0.5, 0.6) is 0 Å². The number of ether oxygens (including phenoxy) is 1. The average molecular weight is 206 g/mol. The standard InChI is InChI=1S/C12H18N2O/c1-10-5-4-7-13-12(10)14-9-11-6-2-3-8-15-11/h4-5,7,11H,2-3,6,8-9H2,1H3,(H,13,14). The van der Waals surface area contributed by atoms with Crippen LogP contribution in [-0.2, 0) is 4.74 Å². The third-order valence-electron chi connectivity index (χ3n) is 2.78. The Morgan fingerprint density at radius 1 is 1.53 bits per heavy atom. The lowest BCUT2D eigenvalue weighted by atomic mass is 10.1. The summed E-state index contributed by atoms with van der Waals surface area (Å²) in [6, 6.07) is 4.02. The van der Waals surface area contributed by atoms with Crippen LogP contribution in [0.15, 0.2) is 18.3 Å². The van der Waals surface area contributed by atoms with Gasteiger partial charge < -0.3 is 10.1 Å². The molecular weight excluding hydrogens is 188 g/mol.